The Labute approximate surface area is 86.4 Å². The van der Waals surface area contributed by atoms with E-state index in [-0.39, 0.29) is 13.2 Å². The van der Waals surface area contributed by atoms with E-state index in [1.54, 1.807) is 0 Å². The molecule has 1 rings (SSSR count). The highest BCUT2D eigenvalue weighted by molar-refractivity contribution is 5.17. The zero-order valence-electron chi connectivity index (χ0n) is 8.08. The molecule has 0 fully saturated rings. The predicted octanol–water partition coefficient (Wildman–Crippen LogP) is 0.408. The molecule has 0 aliphatic heterocycles. The Morgan fingerprint density at radius 2 is 2.00 bits per heavy atom. The topological polar surface area (TPSA) is 52.5 Å². The molecule has 0 amide bonds. The minimum Gasteiger partial charge on any atom is -0.394 e. The number of rotatable bonds is 5. The van der Waals surface area contributed by atoms with Gasteiger partial charge in [0.15, 0.2) is 11.6 Å². The highest BCUT2D eigenvalue weighted by Gasteiger charge is 2.03. The van der Waals surface area contributed by atoms with Gasteiger partial charge in [-0.1, -0.05) is 6.07 Å². The van der Waals surface area contributed by atoms with Crippen LogP contribution in [0, 0.1) is 11.6 Å². The van der Waals surface area contributed by atoms with E-state index in [1.165, 1.54) is 6.07 Å². The van der Waals surface area contributed by atoms with Gasteiger partial charge in [-0.05, 0) is 17.7 Å². The van der Waals surface area contributed by atoms with E-state index in [0.717, 1.165) is 12.1 Å². The number of hydrogen-bond donors (Lipinski definition) is 3. The molecule has 15 heavy (non-hydrogen) atoms. The van der Waals surface area contributed by atoms with E-state index in [2.05, 4.69) is 5.32 Å². The second kappa shape index (κ2) is 5.75. The van der Waals surface area contributed by atoms with E-state index in [9.17, 15) is 8.78 Å². The minimum absolute atomic E-state index is 0.204. The Hall–Kier alpha value is -1.04. The van der Waals surface area contributed by atoms with Gasteiger partial charge in [0, 0.05) is 13.1 Å². The zero-order valence-corrected chi connectivity index (χ0v) is 8.08. The van der Waals surface area contributed by atoms with Gasteiger partial charge < -0.3 is 15.5 Å². The van der Waals surface area contributed by atoms with Gasteiger partial charge in [-0.3, -0.25) is 0 Å². The summed E-state index contributed by atoms with van der Waals surface area (Å²) in [6.07, 6.45) is -0.838. The zero-order chi connectivity index (χ0) is 11.3. The first-order chi connectivity index (χ1) is 7.13. The number of halogens is 2. The fraction of sp³-hybridized carbons (Fsp3) is 0.400. The van der Waals surface area contributed by atoms with E-state index < -0.39 is 17.7 Å². The first kappa shape index (κ1) is 12.0. The SMILES string of the molecule is OC[C@@H](O)CNCc1ccc(F)c(F)c1. The van der Waals surface area contributed by atoms with E-state index in [1.807, 2.05) is 0 Å². The van der Waals surface area contributed by atoms with Crippen LogP contribution in [0.5, 0.6) is 0 Å². The lowest BCUT2D eigenvalue weighted by Gasteiger charge is -2.08. The molecule has 5 heteroatoms. The van der Waals surface area contributed by atoms with Crippen molar-refractivity contribution in [3.8, 4) is 0 Å². The standard InChI is InChI=1S/C10H13F2NO2/c11-9-2-1-7(3-10(9)12)4-13-5-8(15)6-14/h1-3,8,13-15H,4-6H2/t8-/m0/s1. The second-order valence-corrected chi connectivity index (χ2v) is 3.22. The molecule has 84 valence electrons. The predicted molar refractivity (Wildman–Crippen MR) is 51.2 cm³/mol. The van der Waals surface area contributed by atoms with Crippen molar-refractivity contribution < 1.29 is 19.0 Å². The molecule has 0 saturated carbocycles. The van der Waals surface area contributed by atoms with Crippen LogP contribution in [0.4, 0.5) is 8.78 Å². The van der Waals surface area contributed by atoms with Crippen LogP contribution in [-0.2, 0) is 6.54 Å². The van der Waals surface area contributed by atoms with Gasteiger partial charge in [0.25, 0.3) is 0 Å². The van der Waals surface area contributed by atoms with Gasteiger partial charge in [0.05, 0.1) is 12.7 Å². The van der Waals surface area contributed by atoms with Gasteiger partial charge in [-0.15, -0.1) is 0 Å². The van der Waals surface area contributed by atoms with Gasteiger partial charge in [-0.2, -0.15) is 0 Å². The summed E-state index contributed by atoms with van der Waals surface area (Å²) < 4.78 is 25.3. The van der Waals surface area contributed by atoms with Crippen molar-refractivity contribution in [3.63, 3.8) is 0 Å². The molecular weight excluding hydrogens is 204 g/mol. The second-order valence-electron chi connectivity index (χ2n) is 3.22. The van der Waals surface area contributed by atoms with Crippen molar-refractivity contribution in [1.29, 1.82) is 0 Å². The van der Waals surface area contributed by atoms with Crippen molar-refractivity contribution in [1.82, 2.24) is 5.32 Å². The summed E-state index contributed by atoms with van der Waals surface area (Å²) in [5.74, 6) is -1.77. The molecule has 1 aromatic rings. The highest BCUT2D eigenvalue weighted by atomic mass is 19.2. The lowest BCUT2D eigenvalue weighted by molar-refractivity contribution is 0.0942. The maximum absolute atomic E-state index is 12.7. The van der Waals surface area contributed by atoms with Gasteiger partial charge in [-0.25, -0.2) is 8.78 Å². The summed E-state index contributed by atoms with van der Waals surface area (Å²) in [7, 11) is 0. The number of aliphatic hydroxyl groups is 2. The van der Waals surface area contributed by atoms with Crippen LogP contribution in [0.25, 0.3) is 0 Å². The fourth-order valence-corrected chi connectivity index (χ4v) is 1.10. The van der Waals surface area contributed by atoms with Crippen LogP contribution in [0.1, 0.15) is 5.56 Å². The fourth-order valence-electron chi connectivity index (χ4n) is 1.10. The molecule has 1 aromatic carbocycles. The lowest BCUT2D eigenvalue weighted by Crippen LogP contribution is -2.28. The molecule has 0 heterocycles. The molecule has 3 nitrogen and oxygen atoms in total. The van der Waals surface area contributed by atoms with Crippen LogP contribution in [0.15, 0.2) is 18.2 Å². The third kappa shape index (κ3) is 3.91. The van der Waals surface area contributed by atoms with E-state index in [0.29, 0.717) is 12.1 Å². The first-order valence-electron chi connectivity index (χ1n) is 4.57. The number of nitrogens with one attached hydrogen (secondary N) is 1. The van der Waals surface area contributed by atoms with E-state index >= 15 is 0 Å². The summed E-state index contributed by atoms with van der Waals surface area (Å²) in [5.41, 5.74) is 0.582. The third-order valence-electron chi connectivity index (χ3n) is 1.90. The summed E-state index contributed by atoms with van der Waals surface area (Å²) >= 11 is 0. The van der Waals surface area contributed by atoms with Gasteiger partial charge in [0.2, 0.25) is 0 Å². The first-order valence-corrected chi connectivity index (χ1v) is 4.57. The van der Waals surface area contributed by atoms with Crippen molar-refractivity contribution in [2.45, 2.75) is 12.6 Å². The molecule has 0 bridgehead atoms. The molecule has 1 atom stereocenters. The van der Waals surface area contributed by atoms with Crippen molar-refractivity contribution in [3.05, 3.63) is 35.4 Å². The van der Waals surface area contributed by atoms with Crippen LogP contribution in [0.3, 0.4) is 0 Å². The number of aliphatic hydroxyl groups excluding tert-OH is 2. The van der Waals surface area contributed by atoms with Crippen molar-refractivity contribution >= 4 is 0 Å². The molecule has 0 radical (unpaired) electrons. The Kier molecular flexibility index (Phi) is 4.61. The average Bonchev–Trinajstić information content (AvgIpc) is 2.23. The van der Waals surface area contributed by atoms with Crippen LogP contribution in [0.2, 0.25) is 0 Å². The highest BCUT2D eigenvalue weighted by Crippen LogP contribution is 2.08. The molecule has 0 aliphatic rings. The summed E-state index contributed by atoms with van der Waals surface area (Å²) in [5, 5.41) is 20.3. The summed E-state index contributed by atoms with van der Waals surface area (Å²) in [6, 6.07) is 3.60. The molecule has 0 aliphatic carbocycles. The van der Waals surface area contributed by atoms with Gasteiger partial charge >= 0.3 is 0 Å². The Bertz CT molecular complexity index is 320. The maximum atomic E-state index is 12.7. The normalized spacial score (nSPS) is 12.8. The smallest absolute Gasteiger partial charge is 0.159 e. The molecule has 0 unspecified atom stereocenters. The van der Waals surface area contributed by atoms with Crippen LogP contribution in [-0.4, -0.2) is 29.5 Å². The molecule has 0 aromatic heterocycles. The molecule has 3 N–H and O–H groups in total. The Morgan fingerprint density at radius 3 is 2.60 bits per heavy atom. The minimum atomic E-state index is -0.892. The summed E-state index contributed by atoms with van der Waals surface area (Å²) in [4.78, 5) is 0. The Morgan fingerprint density at radius 1 is 1.27 bits per heavy atom. The maximum Gasteiger partial charge on any atom is 0.159 e. The molecule has 0 spiro atoms. The number of hydrogen-bond acceptors (Lipinski definition) is 3. The molecule has 0 saturated heterocycles. The third-order valence-corrected chi connectivity index (χ3v) is 1.90. The average molecular weight is 217 g/mol. The van der Waals surface area contributed by atoms with Crippen LogP contribution < -0.4 is 5.32 Å². The lowest BCUT2D eigenvalue weighted by atomic mass is 10.2. The van der Waals surface area contributed by atoms with Crippen molar-refractivity contribution in [2.24, 2.45) is 0 Å². The largest absolute Gasteiger partial charge is 0.394 e. The number of benzene rings is 1. The Balaban J connectivity index is 2.41. The van der Waals surface area contributed by atoms with E-state index in [4.69, 9.17) is 10.2 Å². The van der Waals surface area contributed by atoms with Crippen molar-refractivity contribution in [2.75, 3.05) is 13.2 Å². The summed E-state index contributed by atoms with van der Waals surface area (Å²) in [6.45, 7) is 0.189. The monoisotopic (exact) mass is 217 g/mol. The molecular formula is C10H13F2NO2. The van der Waals surface area contributed by atoms with Crippen LogP contribution >= 0.6 is 0 Å². The quantitative estimate of drug-likeness (QED) is 0.669. The van der Waals surface area contributed by atoms with Gasteiger partial charge in [0.1, 0.15) is 0 Å².